The first-order chi connectivity index (χ1) is 9.40. The summed E-state index contributed by atoms with van der Waals surface area (Å²) in [6.45, 7) is 14.1. The van der Waals surface area contributed by atoms with Crippen molar-refractivity contribution in [1.29, 1.82) is 0 Å². The normalized spacial score (nSPS) is 12.7. The third kappa shape index (κ3) is 4.65. The van der Waals surface area contributed by atoms with Crippen LogP contribution in [0.5, 0.6) is 0 Å². The monoisotopic (exact) mass is 274 g/mol. The minimum absolute atomic E-state index is 0.461. The van der Waals surface area contributed by atoms with Crippen LogP contribution in [-0.4, -0.2) is 0 Å². The van der Waals surface area contributed by atoms with E-state index in [0.717, 1.165) is 0 Å². The topological polar surface area (TPSA) is 0 Å². The van der Waals surface area contributed by atoms with Gasteiger partial charge in [-0.3, -0.25) is 0 Å². The summed E-state index contributed by atoms with van der Waals surface area (Å²) in [5.74, 6) is 0. The molecule has 0 bridgehead atoms. The van der Waals surface area contributed by atoms with Gasteiger partial charge in [-0.25, -0.2) is 0 Å². The summed E-state index contributed by atoms with van der Waals surface area (Å²) in [4.78, 5) is 0. The second kappa shape index (κ2) is 7.29. The lowest BCUT2D eigenvalue weighted by Crippen LogP contribution is -2.18. The molecule has 0 spiro atoms. The predicted octanol–water partition coefficient (Wildman–Crippen LogP) is 6.42. The van der Waals surface area contributed by atoms with Crippen molar-refractivity contribution in [2.45, 2.75) is 80.1 Å². The highest BCUT2D eigenvalue weighted by atomic mass is 14.3. The molecule has 0 heterocycles. The summed E-state index contributed by atoms with van der Waals surface area (Å²) < 4.78 is 0. The minimum Gasteiger partial charge on any atom is -0.0649 e. The SMILES string of the molecule is CCC(C)(CC)Cc1ccc(CC(C)(CC)CC)cc1. The van der Waals surface area contributed by atoms with Crippen molar-refractivity contribution in [2.75, 3.05) is 0 Å². The first kappa shape index (κ1) is 17.3. The van der Waals surface area contributed by atoms with Gasteiger partial charge in [0, 0.05) is 0 Å². The molecular weight excluding hydrogens is 240 g/mol. The minimum atomic E-state index is 0.461. The maximum Gasteiger partial charge on any atom is -0.0225 e. The van der Waals surface area contributed by atoms with E-state index in [1.165, 1.54) is 49.7 Å². The number of benzene rings is 1. The Kier molecular flexibility index (Phi) is 6.30. The smallest absolute Gasteiger partial charge is 0.0225 e. The summed E-state index contributed by atoms with van der Waals surface area (Å²) in [7, 11) is 0. The van der Waals surface area contributed by atoms with E-state index < -0.39 is 0 Å². The van der Waals surface area contributed by atoms with Crippen LogP contribution in [0.2, 0.25) is 0 Å². The molecule has 1 aromatic rings. The van der Waals surface area contributed by atoms with Crippen molar-refractivity contribution in [1.82, 2.24) is 0 Å². The summed E-state index contributed by atoms with van der Waals surface area (Å²) >= 11 is 0. The molecule has 0 heteroatoms. The molecule has 0 aromatic heterocycles. The van der Waals surface area contributed by atoms with Crippen LogP contribution < -0.4 is 0 Å². The second-order valence-electron chi connectivity index (χ2n) is 7.21. The molecule has 0 amide bonds. The molecule has 1 rings (SSSR count). The third-order valence-electron chi connectivity index (χ3n) is 5.70. The van der Waals surface area contributed by atoms with E-state index >= 15 is 0 Å². The second-order valence-corrected chi connectivity index (χ2v) is 7.21. The van der Waals surface area contributed by atoms with E-state index in [0.29, 0.717) is 10.8 Å². The molecule has 0 unspecified atom stereocenters. The molecular formula is C20H34. The van der Waals surface area contributed by atoms with Gasteiger partial charge in [0.1, 0.15) is 0 Å². The zero-order chi connectivity index (χ0) is 15.2. The quantitative estimate of drug-likeness (QED) is 0.513. The van der Waals surface area contributed by atoms with E-state index in [1.807, 2.05) is 0 Å². The molecule has 0 aliphatic heterocycles. The largest absolute Gasteiger partial charge is 0.0649 e. The molecule has 0 aliphatic carbocycles. The highest BCUT2D eigenvalue weighted by Gasteiger charge is 2.21. The van der Waals surface area contributed by atoms with Crippen molar-refractivity contribution in [3.63, 3.8) is 0 Å². The van der Waals surface area contributed by atoms with Crippen LogP contribution in [-0.2, 0) is 12.8 Å². The lowest BCUT2D eigenvalue weighted by molar-refractivity contribution is 0.293. The van der Waals surface area contributed by atoms with E-state index in [-0.39, 0.29) is 0 Å². The Balaban J connectivity index is 2.74. The molecule has 0 saturated heterocycles. The predicted molar refractivity (Wildman–Crippen MR) is 91.2 cm³/mol. The molecule has 0 fully saturated rings. The third-order valence-corrected chi connectivity index (χ3v) is 5.70. The van der Waals surface area contributed by atoms with Crippen LogP contribution in [0.25, 0.3) is 0 Å². The number of rotatable bonds is 8. The van der Waals surface area contributed by atoms with Crippen molar-refractivity contribution in [2.24, 2.45) is 10.8 Å². The molecule has 0 N–H and O–H groups in total. The van der Waals surface area contributed by atoms with Crippen LogP contribution in [0, 0.1) is 10.8 Å². The van der Waals surface area contributed by atoms with Gasteiger partial charge in [0.25, 0.3) is 0 Å². The molecule has 0 aliphatic rings. The Labute approximate surface area is 127 Å². The van der Waals surface area contributed by atoms with Gasteiger partial charge in [-0.15, -0.1) is 0 Å². The van der Waals surface area contributed by atoms with E-state index in [1.54, 1.807) is 0 Å². The van der Waals surface area contributed by atoms with Crippen molar-refractivity contribution in [3.8, 4) is 0 Å². The molecule has 20 heavy (non-hydrogen) atoms. The zero-order valence-electron chi connectivity index (χ0n) is 14.6. The van der Waals surface area contributed by atoms with Crippen molar-refractivity contribution < 1.29 is 0 Å². The fourth-order valence-corrected chi connectivity index (χ4v) is 2.76. The van der Waals surface area contributed by atoms with Crippen LogP contribution >= 0.6 is 0 Å². The Morgan fingerprint density at radius 2 is 0.850 bits per heavy atom. The maximum atomic E-state index is 2.41. The van der Waals surface area contributed by atoms with Crippen molar-refractivity contribution in [3.05, 3.63) is 35.4 Å². The Morgan fingerprint density at radius 1 is 0.600 bits per heavy atom. The van der Waals surface area contributed by atoms with E-state index in [2.05, 4.69) is 65.8 Å². The van der Waals surface area contributed by atoms with Crippen molar-refractivity contribution >= 4 is 0 Å². The number of hydrogen-bond acceptors (Lipinski definition) is 0. The molecule has 0 nitrogen and oxygen atoms in total. The van der Waals surface area contributed by atoms with Gasteiger partial charge in [0.05, 0.1) is 0 Å². The molecule has 1 aromatic carbocycles. The summed E-state index contributed by atoms with van der Waals surface area (Å²) in [6, 6.07) is 9.41. The average Bonchev–Trinajstić information content (AvgIpc) is 2.49. The molecule has 0 atom stereocenters. The van der Waals surface area contributed by atoms with Gasteiger partial charge in [-0.2, -0.15) is 0 Å². The van der Waals surface area contributed by atoms with Crippen LogP contribution in [0.15, 0.2) is 24.3 Å². The van der Waals surface area contributed by atoms with Gasteiger partial charge in [0.2, 0.25) is 0 Å². The molecule has 0 saturated carbocycles. The first-order valence-electron chi connectivity index (χ1n) is 8.48. The standard InChI is InChI=1S/C20H34/c1-7-19(5,8-2)15-17-11-13-18(14-12-17)16-20(6,9-3)10-4/h11-14H,7-10,15-16H2,1-6H3. The fraction of sp³-hybridized carbons (Fsp3) is 0.700. The van der Waals surface area contributed by atoms with Gasteiger partial charge >= 0.3 is 0 Å². The highest BCUT2D eigenvalue weighted by Crippen LogP contribution is 2.32. The van der Waals surface area contributed by atoms with E-state index in [9.17, 15) is 0 Å². The fourth-order valence-electron chi connectivity index (χ4n) is 2.76. The first-order valence-corrected chi connectivity index (χ1v) is 8.48. The molecule has 0 radical (unpaired) electrons. The summed E-state index contributed by atoms with van der Waals surface area (Å²) in [5, 5.41) is 0. The Morgan fingerprint density at radius 3 is 1.05 bits per heavy atom. The lowest BCUT2D eigenvalue weighted by atomic mass is 9.77. The Bertz CT molecular complexity index is 338. The van der Waals surface area contributed by atoms with E-state index in [4.69, 9.17) is 0 Å². The van der Waals surface area contributed by atoms with Gasteiger partial charge in [-0.1, -0.05) is 91.5 Å². The Hall–Kier alpha value is -0.780. The summed E-state index contributed by atoms with van der Waals surface area (Å²) in [6.07, 6.45) is 7.45. The van der Waals surface area contributed by atoms with Gasteiger partial charge < -0.3 is 0 Å². The van der Waals surface area contributed by atoms with Crippen LogP contribution in [0.4, 0.5) is 0 Å². The van der Waals surface area contributed by atoms with Crippen LogP contribution in [0.3, 0.4) is 0 Å². The lowest BCUT2D eigenvalue weighted by Gasteiger charge is -2.28. The van der Waals surface area contributed by atoms with Crippen LogP contribution in [0.1, 0.15) is 78.4 Å². The summed E-state index contributed by atoms with van der Waals surface area (Å²) in [5.41, 5.74) is 3.91. The average molecular weight is 274 g/mol. The maximum absolute atomic E-state index is 2.41. The number of hydrogen-bond donors (Lipinski definition) is 0. The highest BCUT2D eigenvalue weighted by molar-refractivity contribution is 5.24. The van der Waals surface area contributed by atoms with Gasteiger partial charge in [-0.05, 0) is 34.8 Å². The zero-order valence-corrected chi connectivity index (χ0v) is 14.6. The molecule has 114 valence electrons. The van der Waals surface area contributed by atoms with Gasteiger partial charge in [0.15, 0.2) is 0 Å².